The van der Waals surface area contributed by atoms with Crippen molar-refractivity contribution < 1.29 is 38.8 Å². The molecule has 4 N–H and O–H groups in total. The fraction of sp³-hybridized carbons (Fsp3) is 0.414. The normalized spacial score (nSPS) is 23.9. The van der Waals surface area contributed by atoms with Crippen LogP contribution < -0.4 is 10.6 Å². The Hall–Kier alpha value is -2.84. The van der Waals surface area contributed by atoms with E-state index in [4.69, 9.17) is 19.3 Å². The molecule has 5 unspecified atom stereocenters. The summed E-state index contributed by atoms with van der Waals surface area (Å²) in [5.41, 5.74) is 2.88. The summed E-state index contributed by atoms with van der Waals surface area (Å²) in [5.74, 6) is -2.71. The number of aliphatic hydroxyl groups is 2. The highest BCUT2D eigenvalue weighted by molar-refractivity contribution is 14.1. The summed E-state index contributed by atoms with van der Waals surface area (Å²) in [7, 11) is 0. The van der Waals surface area contributed by atoms with Gasteiger partial charge in [0.2, 0.25) is 11.8 Å². The Bertz CT molecular complexity index is 1300. The standard InChI is InChI=1S/C29H31IN2O8/c1-16(34)24(27(36)31-10-11-33)32-26(35)19-12-22(38-28(37)20-8-4-5-9-21(20)30)25-23(13-19)39-29(40-25)14-17-6-2-3-7-18(17)15-29/h2-9,13,16,22-25,33-34H,10-12,14-15H2,1H3,(H,31,36)(H,32,35). The predicted molar refractivity (Wildman–Crippen MR) is 151 cm³/mol. The van der Waals surface area contributed by atoms with E-state index in [2.05, 4.69) is 33.2 Å². The molecule has 0 radical (unpaired) electrons. The molecule has 3 aliphatic rings. The van der Waals surface area contributed by atoms with E-state index in [0.29, 0.717) is 18.4 Å². The van der Waals surface area contributed by atoms with Crippen LogP contribution in [0.3, 0.4) is 0 Å². The molecule has 2 amide bonds. The molecule has 5 rings (SSSR count). The lowest BCUT2D eigenvalue weighted by atomic mass is 9.91. The number of ether oxygens (including phenoxy) is 3. The summed E-state index contributed by atoms with van der Waals surface area (Å²) in [6.07, 6.45) is -0.620. The van der Waals surface area contributed by atoms with Crippen LogP contribution >= 0.6 is 22.6 Å². The second-order valence-corrected chi connectivity index (χ2v) is 11.4. The van der Waals surface area contributed by atoms with Gasteiger partial charge in [-0.05, 0) is 58.9 Å². The monoisotopic (exact) mass is 662 g/mol. The van der Waals surface area contributed by atoms with E-state index in [-0.39, 0.29) is 25.1 Å². The zero-order chi connectivity index (χ0) is 28.4. The topological polar surface area (TPSA) is 143 Å². The number of carbonyl (C=O) groups excluding carboxylic acids is 3. The maximum atomic E-state index is 13.4. The van der Waals surface area contributed by atoms with Gasteiger partial charge in [-0.2, -0.15) is 0 Å². The number of nitrogens with one attached hydrogen (secondary N) is 2. The highest BCUT2D eigenvalue weighted by Gasteiger charge is 2.55. The predicted octanol–water partition coefficient (Wildman–Crippen LogP) is 1.40. The second-order valence-electron chi connectivity index (χ2n) is 10.2. The third kappa shape index (κ3) is 5.93. The molecule has 1 heterocycles. The van der Waals surface area contributed by atoms with E-state index in [0.717, 1.165) is 14.7 Å². The average molecular weight is 662 g/mol. The molecule has 2 aliphatic carbocycles. The molecule has 0 saturated carbocycles. The number of aliphatic hydroxyl groups excluding tert-OH is 2. The van der Waals surface area contributed by atoms with E-state index in [1.165, 1.54) is 6.92 Å². The van der Waals surface area contributed by atoms with E-state index in [1.807, 2.05) is 30.3 Å². The first-order valence-corrected chi connectivity index (χ1v) is 14.2. The van der Waals surface area contributed by atoms with Crippen molar-refractivity contribution in [1.82, 2.24) is 10.6 Å². The van der Waals surface area contributed by atoms with Crippen molar-refractivity contribution in [2.45, 2.75) is 62.4 Å². The van der Waals surface area contributed by atoms with Crippen LogP contribution in [-0.2, 0) is 36.6 Å². The van der Waals surface area contributed by atoms with Crippen LogP contribution in [0.2, 0.25) is 0 Å². The van der Waals surface area contributed by atoms with Crippen molar-refractivity contribution >= 4 is 40.4 Å². The molecule has 11 heteroatoms. The molecule has 1 aliphatic heterocycles. The molecule has 2 aromatic carbocycles. The first kappa shape index (κ1) is 28.7. The van der Waals surface area contributed by atoms with Crippen LogP contribution in [0.5, 0.6) is 0 Å². The summed E-state index contributed by atoms with van der Waals surface area (Å²) in [6, 6.07) is 13.8. The van der Waals surface area contributed by atoms with Gasteiger partial charge in [-0.15, -0.1) is 0 Å². The molecular weight excluding hydrogens is 631 g/mol. The van der Waals surface area contributed by atoms with Gasteiger partial charge < -0.3 is 35.1 Å². The number of hydrogen-bond acceptors (Lipinski definition) is 8. The minimum atomic E-state index is -1.25. The SMILES string of the molecule is CC(O)C(NC(=O)C1=CC2OC3(Cc4ccccc4C3)OC2C(OC(=O)c2ccccc2I)C1)C(=O)NCCO. The van der Waals surface area contributed by atoms with Gasteiger partial charge in [0.15, 0.2) is 5.79 Å². The molecule has 0 bridgehead atoms. The summed E-state index contributed by atoms with van der Waals surface area (Å²) >= 11 is 2.07. The van der Waals surface area contributed by atoms with Crippen LogP contribution in [0, 0.1) is 3.57 Å². The van der Waals surface area contributed by atoms with Crippen molar-refractivity contribution in [2.24, 2.45) is 0 Å². The largest absolute Gasteiger partial charge is 0.455 e. The molecule has 5 atom stereocenters. The first-order chi connectivity index (χ1) is 19.2. The Labute approximate surface area is 245 Å². The van der Waals surface area contributed by atoms with E-state index < -0.39 is 54.0 Å². The van der Waals surface area contributed by atoms with E-state index in [9.17, 15) is 19.5 Å². The molecule has 2 aromatic rings. The Morgan fingerprint density at radius 3 is 2.42 bits per heavy atom. The molecule has 40 heavy (non-hydrogen) atoms. The lowest BCUT2D eigenvalue weighted by Crippen LogP contribution is -2.54. The minimum absolute atomic E-state index is 0.0175. The number of hydrogen-bond donors (Lipinski definition) is 4. The fourth-order valence-corrected chi connectivity index (χ4v) is 6.03. The van der Waals surface area contributed by atoms with Crippen LogP contribution in [-0.4, -0.2) is 77.4 Å². The molecular formula is C29H31IN2O8. The number of esters is 1. The lowest BCUT2D eigenvalue weighted by molar-refractivity contribution is -0.172. The molecule has 1 saturated heterocycles. The Morgan fingerprint density at radius 1 is 1.10 bits per heavy atom. The van der Waals surface area contributed by atoms with Crippen LogP contribution in [0.15, 0.2) is 60.2 Å². The number of fused-ring (bicyclic) bond motifs is 2. The van der Waals surface area contributed by atoms with E-state index >= 15 is 0 Å². The lowest BCUT2D eigenvalue weighted by Gasteiger charge is -2.31. The van der Waals surface area contributed by atoms with Crippen molar-refractivity contribution in [2.75, 3.05) is 13.2 Å². The van der Waals surface area contributed by atoms with Gasteiger partial charge in [0, 0.05) is 35.0 Å². The third-order valence-corrected chi connectivity index (χ3v) is 8.26. The number of amides is 2. The second kappa shape index (κ2) is 12.0. The quantitative estimate of drug-likeness (QED) is 0.246. The molecule has 1 fully saturated rings. The number of benzene rings is 2. The minimum Gasteiger partial charge on any atom is -0.455 e. The molecule has 1 spiro atoms. The Kier molecular flexibility index (Phi) is 8.57. The van der Waals surface area contributed by atoms with Crippen molar-refractivity contribution in [3.8, 4) is 0 Å². The van der Waals surface area contributed by atoms with Crippen LogP contribution in [0.4, 0.5) is 0 Å². The maximum Gasteiger partial charge on any atom is 0.339 e. The number of halogens is 1. The van der Waals surface area contributed by atoms with Gasteiger partial charge in [-0.1, -0.05) is 36.4 Å². The van der Waals surface area contributed by atoms with Crippen LogP contribution in [0.25, 0.3) is 0 Å². The van der Waals surface area contributed by atoms with Gasteiger partial charge in [0.1, 0.15) is 24.4 Å². The van der Waals surface area contributed by atoms with Gasteiger partial charge in [0.25, 0.3) is 0 Å². The van der Waals surface area contributed by atoms with Gasteiger partial charge >= 0.3 is 5.97 Å². The van der Waals surface area contributed by atoms with Crippen molar-refractivity contribution in [3.05, 3.63) is 80.4 Å². The van der Waals surface area contributed by atoms with Crippen molar-refractivity contribution in [1.29, 1.82) is 0 Å². The van der Waals surface area contributed by atoms with Crippen molar-refractivity contribution in [3.63, 3.8) is 0 Å². The zero-order valence-electron chi connectivity index (χ0n) is 21.8. The summed E-state index contributed by atoms with van der Waals surface area (Å²) in [5, 5.41) is 24.2. The summed E-state index contributed by atoms with van der Waals surface area (Å²) in [6.45, 7) is 1.09. The Morgan fingerprint density at radius 2 is 1.77 bits per heavy atom. The fourth-order valence-electron chi connectivity index (χ4n) is 5.42. The van der Waals surface area contributed by atoms with Gasteiger partial charge in [-0.25, -0.2) is 4.79 Å². The molecule has 212 valence electrons. The third-order valence-electron chi connectivity index (χ3n) is 7.32. The first-order valence-electron chi connectivity index (χ1n) is 13.2. The highest BCUT2D eigenvalue weighted by atomic mass is 127. The number of rotatable bonds is 8. The summed E-state index contributed by atoms with van der Waals surface area (Å²) in [4.78, 5) is 39.1. The zero-order valence-corrected chi connectivity index (χ0v) is 24.0. The smallest absolute Gasteiger partial charge is 0.339 e. The average Bonchev–Trinajstić information content (AvgIpc) is 3.48. The summed E-state index contributed by atoms with van der Waals surface area (Å²) < 4.78 is 19.6. The van der Waals surface area contributed by atoms with E-state index in [1.54, 1.807) is 24.3 Å². The van der Waals surface area contributed by atoms with Gasteiger partial charge in [-0.3, -0.25) is 9.59 Å². The maximum absolute atomic E-state index is 13.4. The highest BCUT2D eigenvalue weighted by Crippen LogP contribution is 2.45. The molecule has 10 nitrogen and oxygen atoms in total. The van der Waals surface area contributed by atoms with Crippen LogP contribution in [0.1, 0.15) is 34.8 Å². The number of carbonyl (C=O) groups is 3. The van der Waals surface area contributed by atoms with Gasteiger partial charge in [0.05, 0.1) is 18.3 Å². The Balaban J connectivity index is 1.40. The molecule has 0 aromatic heterocycles.